The molecule has 0 amide bonds. The largest absolute Gasteiger partial charge is 0.356 e. The summed E-state index contributed by atoms with van der Waals surface area (Å²) >= 11 is 1.66. The first-order valence-corrected chi connectivity index (χ1v) is 9.04. The normalized spacial score (nSPS) is 12.5. The third kappa shape index (κ3) is 8.74. The number of guanidine groups is 1. The quantitative estimate of drug-likeness (QED) is 0.340. The SMILES string of the molecule is CCCCC(CC)CNC(=NC)NCc1csc(N(C)C)n1.I. The van der Waals surface area contributed by atoms with Crippen LogP contribution >= 0.6 is 35.3 Å². The summed E-state index contributed by atoms with van der Waals surface area (Å²) in [4.78, 5) is 10.9. The molecule has 0 aliphatic carbocycles. The molecule has 0 spiro atoms. The first-order chi connectivity index (χ1) is 10.6. The summed E-state index contributed by atoms with van der Waals surface area (Å²) in [6.45, 7) is 6.19. The van der Waals surface area contributed by atoms with Crippen LogP contribution in [-0.2, 0) is 6.54 Å². The van der Waals surface area contributed by atoms with Crippen molar-refractivity contribution >= 4 is 46.4 Å². The van der Waals surface area contributed by atoms with Crippen molar-refractivity contribution in [3.8, 4) is 0 Å². The number of anilines is 1. The fourth-order valence-corrected chi connectivity index (χ4v) is 2.92. The number of halogens is 1. The first kappa shape index (κ1) is 22.4. The van der Waals surface area contributed by atoms with Crippen LogP contribution in [0.3, 0.4) is 0 Å². The minimum atomic E-state index is 0. The molecular formula is C16H32IN5S. The van der Waals surface area contributed by atoms with Gasteiger partial charge in [-0.15, -0.1) is 35.3 Å². The summed E-state index contributed by atoms with van der Waals surface area (Å²) in [5.74, 6) is 1.58. The lowest BCUT2D eigenvalue weighted by molar-refractivity contribution is 0.443. The van der Waals surface area contributed by atoms with Crippen molar-refractivity contribution in [2.24, 2.45) is 10.9 Å². The number of hydrogen-bond donors (Lipinski definition) is 2. The molecule has 2 N–H and O–H groups in total. The van der Waals surface area contributed by atoms with Gasteiger partial charge in [-0.2, -0.15) is 0 Å². The van der Waals surface area contributed by atoms with E-state index in [4.69, 9.17) is 0 Å². The number of aliphatic imine (C=N–C) groups is 1. The number of rotatable bonds is 9. The Balaban J connectivity index is 0.00000484. The van der Waals surface area contributed by atoms with Crippen molar-refractivity contribution in [3.05, 3.63) is 11.1 Å². The Morgan fingerprint density at radius 1 is 1.35 bits per heavy atom. The maximum absolute atomic E-state index is 4.57. The van der Waals surface area contributed by atoms with Gasteiger partial charge in [-0.05, 0) is 12.3 Å². The van der Waals surface area contributed by atoms with Gasteiger partial charge in [0.2, 0.25) is 0 Å². The molecule has 0 bridgehead atoms. The molecule has 1 atom stereocenters. The standard InChI is InChI=1S/C16H31N5S.HI/c1-6-8-9-13(7-2)10-18-15(17-3)19-11-14-12-22-16(20-14)21(4)5;/h12-13H,6-11H2,1-5H3,(H2,17,18,19);1H. The lowest BCUT2D eigenvalue weighted by Gasteiger charge is -2.17. The number of nitrogens with zero attached hydrogens (tertiary/aromatic N) is 3. The van der Waals surface area contributed by atoms with Crippen molar-refractivity contribution < 1.29 is 0 Å². The predicted octanol–water partition coefficient (Wildman–Crippen LogP) is 3.71. The van der Waals surface area contributed by atoms with Gasteiger partial charge in [-0.25, -0.2) is 4.98 Å². The molecule has 23 heavy (non-hydrogen) atoms. The average Bonchev–Trinajstić information content (AvgIpc) is 2.99. The number of thiazole rings is 1. The Kier molecular flexibility index (Phi) is 12.5. The van der Waals surface area contributed by atoms with E-state index < -0.39 is 0 Å². The second-order valence-electron chi connectivity index (χ2n) is 5.74. The predicted molar refractivity (Wildman–Crippen MR) is 113 cm³/mol. The summed E-state index contributed by atoms with van der Waals surface area (Å²) in [6.07, 6.45) is 5.07. The molecule has 7 heteroatoms. The Morgan fingerprint density at radius 2 is 2.09 bits per heavy atom. The Bertz CT molecular complexity index is 447. The van der Waals surface area contributed by atoms with Crippen molar-refractivity contribution in [3.63, 3.8) is 0 Å². The number of nitrogens with one attached hydrogen (secondary N) is 2. The third-order valence-electron chi connectivity index (χ3n) is 3.68. The van der Waals surface area contributed by atoms with E-state index in [0.717, 1.165) is 29.2 Å². The summed E-state index contributed by atoms with van der Waals surface area (Å²) in [7, 11) is 5.84. The van der Waals surface area contributed by atoms with E-state index >= 15 is 0 Å². The highest BCUT2D eigenvalue weighted by atomic mass is 127. The molecule has 0 radical (unpaired) electrons. The Hall–Kier alpha value is -0.570. The van der Waals surface area contributed by atoms with Gasteiger partial charge in [0.15, 0.2) is 11.1 Å². The van der Waals surface area contributed by atoms with Crippen LogP contribution in [0, 0.1) is 5.92 Å². The van der Waals surface area contributed by atoms with Crippen LogP contribution in [0.1, 0.15) is 45.2 Å². The molecule has 1 aromatic heterocycles. The fraction of sp³-hybridized carbons (Fsp3) is 0.750. The molecule has 0 aliphatic rings. The van der Waals surface area contributed by atoms with Gasteiger partial charge in [-0.1, -0.05) is 33.1 Å². The molecule has 0 aliphatic heterocycles. The number of hydrogen-bond acceptors (Lipinski definition) is 4. The van der Waals surface area contributed by atoms with Crippen molar-refractivity contribution in [1.29, 1.82) is 0 Å². The third-order valence-corrected chi connectivity index (χ3v) is 4.74. The maximum atomic E-state index is 4.57. The van der Waals surface area contributed by atoms with Crippen molar-refractivity contribution in [2.45, 2.75) is 46.1 Å². The van der Waals surface area contributed by atoms with Crippen LogP contribution in [-0.4, -0.2) is 38.6 Å². The Labute approximate surface area is 162 Å². The molecule has 0 saturated heterocycles. The topological polar surface area (TPSA) is 52.6 Å². The highest BCUT2D eigenvalue weighted by Gasteiger charge is 2.08. The van der Waals surface area contributed by atoms with E-state index in [9.17, 15) is 0 Å². The van der Waals surface area contributed by atoms with Crippen LogP contribution in [0.5, 0.6) is 0 Å². The van der Waals surface area contributed by atoms with E-state index in [-0.39, 0.29) is 24.0 Å². The molecule has 0 aromatic carbocycles. The van der Waals surface area contributed by atoms with Gasteiger partial charge >= 0.3 is 0 Å². The highest BCUT2D eigenvalue weighted by molar-refractivity contribution is 14.0. The molecule has 0 fully saturated rings. The summed E-state index contributed by atoms with van der Waals surface area (Å²) in [6, 6.07) is 0. The zero-order valence-corrected chi connectivity index (χ0v) is 18.2. The van der Waals surface area contributed by atoms with Crippen LogP contribution in [0.25, 0.3) is 0 Å². The van der Waals surface area contributed by atoms with E-state index in [0.29, 0.717) is 6.54 Å². The molecule has 134 valence electrons. The average molecular weight is 453 g/mol. The van der Waals surface area contributed by atoms with Gasteiger partial charge < -0.3 is 15.5 Å². The number of aromatic nitrogens is 1. The highest BCUT2D eigenvalue weighted by Crippen LogP contribution is 2.17. The zero-order valence-electron chi connectivity index (χ0n) is 15.1. The van der Waals surface area contributed by atoms with Crippen molar-refractivity contribution in [2.75, 3.05) is 32.6 Å². The van der Waals surface area contributed by atoms with E-state index in [1.165, 1.54) is 25.7 Å². The molecule has 1 unspecified atom stereocenters. The van der Waals surface area contributed by atoms with E-state index in [1.54, 1.807) is 11.3 Å². The second-order valence-corrected chi connectivity index (χ2v) is 6.58. The molecule has 1 aromatic rings. The number of unbranched alkanes of at least 4 members (excludes halogenated alkanes) is 1. The minimum Gasteiger partial charge on any atom is -0.356 e. The fourth-order valence-electron chi connectivity index (χ4n) is 2.16. The summed E-state index contributed by atoms with van der Waals surface area (Å²) in [5.41, 5.74) is 1.05. The molecule has 1 heterocycles. The van der Waals surface area contributed by atoms with Crippen molar-refractivity contribution in [1.82, 2.24) is 15.6 Å². The van der Waals surface area contributed by atoms with Crippen LogP contribution in [0.4, 0.5) is 5.13 Å². The lowest BCUT2D eigenvalue weighted by Crippen LogP contribution is -2.39. The zero-order chi connectivity index (χ0) is 16.4. The van der Waals surface area contributed by atoms with Gasteiger partial charge in [0, 0.05) is 33.1 Å². The summed E-state index contributed by atoms with van der Waals surface area (Å²) < 4.78 is 0. The Morgan fingerprint density at radius 3 is 2.61 bits per heavy atom. The van der Waals surface area contributed by atoms with Gasteiger partial charge in [0.25, 0.3) is 0 Å². The van der Waals surface area contributed by atoms with Gasteiger partial charge in [0.1, 0.15) is 0 Å². The molecule has 1 rings (SSSR count). The molecule has 5 nitrogen and oxygen atoms in total. The minimum absolute atomic E-state index is 0. The maximum Gasteiger partial charge on any atom is 0.191 e. The van der Waals surface area contributed by atoms with Gasteiger partial charge in [-0.3, -0.25) is 4.99 Å². The monoisotopic (exact) mass is 453 g/mol. The van der Waals surface area contributed by atoms with Crippen LogP contribution < -0.4 is 15.5 Å². The molecular weight excluding hydrogens is 421 g/mol. The van der Waals surface area contributed by atoms with Gasteiger partial charge in [0.05, 0.1) is 12.2 Å². The summed E-state index contributed by atoms with van der Waals surface area (Å²) in [5, 5.41) is 9.89. The lowest BCUT2D eigenvalue weighted by atomic mass is 9.99. The van der Waals surface area contributed by atoms with E-state index in [2.05, 4.69) is 39.8 Å². The first-order valence-electron chi connectivity index (χ1n) is 8.16. The second kappa shape index (κ2) is 12.8. The molecule has 0 saturated carbocycles. The van der Waals surface area contributed by atoms with Crippen LogP contribution in [0.2, 0.25) is 0 Å². The van der Waals surface area contributed by atoms with Crippen LogP contribution in [0.15, 0.2) is 10.4 Å². The van der Waals surface area contributed by atoms with E-state index in [1.807, 2.05) is 26.0 Å². The smallest absolute Gasteiger partial charge is 0.191 e.